The maximum absolute atomic E-state index is 13.2. The van der Waals surface area contributed by atoms with Crippen LogP contribution >= 0.6 is 0 Å². The molecular formula is C52H97NO5. The van der Waals surface area contributed by atoms with E-state index in [0.29, 0.717) is 19.3 Å². The third kappa shape index (κ3) is 40.8. The van der Waals surface area contributed by atoms with E-state index in [4.69, 9.17) is 4.74 Å². The molecule has 340 valence electrons. The van der Waals surface area contributed by atoms with Gasteiger partial charge in [-0.05, 0) is 44.9 Å². The molecule has 6 heteroatoms. The number of carbonyl (C=O) groups excluding carboxylic acids is 2. The molecule has 0 aliphatic heterocycles. The van der Waals surface area contributed by atoms with Gasteiger partial charge >= 0.3 is 5.97 Å². The molecule has 1 amide bonds. The minimum atomic E-state index is -0.790. The predicted molar refractivity (Wildman–Crippen MR) is 250 cm³/mol. The lowest BCUT2D eigenvalue weighted by atomic mass is 10.0. The smallest absolute Gasteiger partial charge is 0.306 e. The minimum absolute atomic E-state index is 0.0675. The fourth-order valence-electron chi connectivity index (χ4n) is 7.73. The average Bonchev–Trinajstić information content (AvgIpc) is 3.22. The Morgan fingerprint density at radius 1 is 0.517 bits per heavy atom. The van der Waals surface area contributed by atoms with Gasteiger partial charge in [-0.2, -0.15) is 0 Å². The number of rotatable bonds is 45. The SMILES string of the molecule is CC/C=C/C=C/C=C/CCCCCCCC(CC(=O)NC(CO)C(O)CCCCCCCCCCCCCCCC)OC(=O)CCCCCCCCCCCCCC. The monoisotopic (exact) mass is 816 g/mol. The Bertz CT molecular complexity index is 961. The third-order valence-corrected chi connectivity index (χ3v) is 11.5. The van der Waals surface area contributed by atoms with E-state index in [1.54, 1.807) is 0 Å². The second kappa shape index (κ2) is 46.2. The Labute approximate surface area is 360 Å². The Kier molecular flexibility index (Phi) is 44.6. The fourth-order valence-corrected chi connectivity index (χ4v) is 7.73. The standard InChI is InChI=1S/C52H97NO5/c1-4-7-10-13-16-19-22-25-27-29-32-35-38-41-44-50(55)49(47-54)53-51(56)46-48(43-40-37-34-31-28-26-23-20-17-14-11-8-5-2)58-52(57)45-42-39-36-33-30-24-21-18-15-12-9-6-3/h8,11,14,17,20,23,48-50,54-55H,4-7,9-10,12-13,15-16,18-19,21-22,24-47H2,1-3H3,(H,53,56)/b11-8+,17-14+,23-20+. The number of carbonyl (C=O) groups is 2. The van der Waals surface area contributed by atoms with Gasteiger partial charge in [-0.1, -0.05) is 237 Å². The lowest BCUT2D eigenvalue weighted by molar-refractivity contribution is -0.151. The van der Waals surface area contributed by atoms with Crippen LogP contribution in [0.25, 0.3) is 0 Å². The number of unbranched alkanes of at least 4 members (excludes halogenated alkanes) is 29. The van der Waals surface area contributed by atoms with Crippen LogP contribution in [0.1, 0.15) is 258 Å². The van der Waals surface area contributed by atoms with E-state index in [1.807, 2.05) is 0 Å². The molecule has 0 radical (unpaired) electrons. The molecule has 3 unspecified atom stereocenters. The van der Waals surface area contributed by atoms with Crippen LogP contribution < -0.4 is 5.32 Å². The summed E-state index contributed by atoms with van der Waals surface area (Å²) in [6.45, 7) is 6.35. The maximum atomic E-state index is 13.2. The lowest BCUT2D eigenvalue weighted by Crippen LogP contribution is -2.46. The van der Waals surface area contributed by atoms with Crippen LogP contribution in [0.15, 0.2) is 36.5 Å². The summed E-state index contributed by atoms with van der Waals surface area (Å²) in [5, 5.41) is 23.7. The van der Waals surface area contributed by atoms with E-state index in [2.05, 4.69) is 62.5 Å². The van der Waals surface area contributed by atoms with Gasteiger partial charge in [-0.25, -0.2) is 0 Å². The Morgan fingerprint density at radius 2 is 0.931 bits per heavy atom. The molecule has 0 saturated heterocycles. The Hall–Kier alpha value is -1.92. The van der Waals surface area contributed by atoms with E-state index in [-0.39, 0.29) is 24.9 Å². The van der Waals surface area contributed by atoms with Crippen LogP contribution in [0.4, 0.5) is 0 Å². The molecule has 0 bridgehead atoms. The number of aliphatic hydroxyl groups excluding tert-OH is 2. The predicted octanol–water partition coefficient (Wildman–Crippen LogP) is 14.9. The lowest BCUT2D eigenvalue weighted by Gasteiger charge is -2.24. The summed E-state index contributed by atoms with van der Waals surface area (Å²) in [6.07, 6.45) is 53.4. The first-order valence-electron chi connectivity index (χ1n) is 25.2. The molecule has 0 aliphatic carbocycles. The van der Waals surface area contributed by atoms with E-state index in [0.717, 1.165) is 83.5 Å². The number of allylic oxidation sites excluding steroid dienone is 6. The summed E-state index contributed by atoms with van der Waals surface area (Å²) in [4.78, 5) is 26.1. The van der Waals surface area contributed by atoms with Crippen LogP contribution in [-0.2, 0) is 14.3 Å². The maximum Gasteiger partial charge on any atom is 0.306 e. The van der Waals surface area contributed by atoms with Crippen LogP contribution in [0.2, 0.25) is 0 Å². The molecule has 0 rings (SSSR count). The summed E-state index contributed by atoms with van der Waals surface area (Å²) >= 11 is 0. The molecule has 0 heterocycles. The molecule has 58 heavy (non-hydrogen) atoms. The highest BCUT2D eigenvalue weighted by Gasteiger charge is 2.24. The first-order valence-corrected chi connectivity index (χ1v) is 25.2. The van der Waals surface area contributed by atoms with Crippen molar-refractivity contribution in [2.24, 2.45) is 0 Å². The number of esters is 1. The molecule has 0 spiro atoms. The quantitative estimate of drug-likeness (QED) is 0.0323. The van der Waals surface area contributed by atoms with Crippen molar-refractivity contribution in [2.75, 3.05) is 6.61 Å². The van der Waals surface area contributed by atoms with E-state index < -0.39 is 18.2 Å². The number of nitrogens with one attached hydrogen (secondary N) is 1. The van der Waals surface area contributed by atoms with Crippen molar-refractivity contribution in [3.63, 3.8) is 0 Å². The summed E-state index contributed by atoms with van der Waals surface area (Å²) < 4.78 is 5.92. The number of hydrogen-bond acceptors (Lipinski definition) is 5. The number of aliphatic hydroxyl groups is 2. The topological polar surface area (TPSA) is 95.9 Å². The molecule has 3 N–H and O–H groups in total. The van der Waals surface area contributed by atoms with Crippen molar-refractivity contribution in [3.05, 3.63) is 36.5 Å². The summed E-state index contributed by atoms with van der Waals surface area (Å²) in [7, 11) is 0. The molecule has 0 aliphatic rings. The van der Waals surface area contributed by atoms with Gasteiger partial charge in [-0.3, -0.25) is 9.59 Å². The molecule has 0 aromatic carbocycles. The zero-order chi connectivity index (χ0) is 42.4. The van der Waals surface area contributed by atoms with Crippen molar-refractivity contribution < 1.29 is 24.5 Å². The summed E-state index contributed by atoms with van der Waals surface area (Å²) in [6, 6.07) is -0.704. The first kappa shape index (κ1) is 56.1. The second-order valence-electron chi connectivity index (χ2n) is 17.3. The molecule has 0 aromatic rings. The van der Waals surface area contributed by atoms with Crippen molar-refractivity contribution >= 4 is 11.9 Å². The van der Waals surface area contributed by atoms with Gasteiger partial charge in [0, 0.05) is 6.42 Å². The second-order valence-corrected chi connectivity index (χ2v) is 17.3. The molecule has 3 atom stereocenters. The molecular weight excluding hydrogens is 719 g/mol. The van der Waals surface area contributed by atoms with Gasteiger partial charge in [0.05, 0.1) is 25.2 Å². The normalized spacial score (nSPS) is 13.5. The van der Waals surface area contributed by atoms with Gasteiger partial charge < -0.3 is 20.3 Å². The van der Waals surface area contributed by atoms with Crippen LogP contribution in [0.5, 0.6) is 0 Å². The van der Waals surface area contributed by atoms with Crippen molar-refractivity contribution in [3.8, 4) is 0 Å². The summed E-state index contributed by atoms with van der Waals surface area (Å²) in [5.41, 5.74) is 0. The van der Waals surface area contributed by atoms with Gasteiger partial charge in [0.1, 0.15) is 6.10 Å². The summed E-state index contributed by atoms with van der Waals surface area (Å²) in [5.74, 6) is -0.485. The van der Waals surface area contributed by atoms with E-state index >= 15 is 0 Å². The van der Waals surface area contributed by atoms with Crippen LogP contribution in [0.3, 0.4) is 0 Å². The van der Waals surface area contributed by atoms with E-state index in [9.17, 15) is 19.8 Å². The van der Waals surface area contributed by atoms with Crippen molar-refractivity contribution in [1.29, 1.82) is 0 Å². The average molecular weight is 816 g/mol. The highest BCUT2D eigenvalue weighted by Crippen LogP contribution is 2.18. The zero-order valence-electron chi connectivity index (χ0n) is 38.7. The number of hydrogen-bond donors (Lipinski definition) is 3. The third-order valence-electron chi connectivity index (χ3n) is 11.5. The molecule has 0 fully saturated rings. The fraction of sp³-hybridized carbons (Fsp3) is 0.846. The number of ether oxygens (including phenoxy) is 1. The van der Waals surface area contributed by atoms with Gasteiger partial charge in [0.2, 0.25) is 5.91 Å². The molecule has 0 saturated carbocycles. The van der Waals surface area contributed by atoms with Crippen LogP contribution in [0, 0.1) is 0 Å². The highest BCUT2D eigenvalue weighted by molar-refractivity contribution is 5.77. The highest BCUT2D eigenvalue weighted by atomic mass is 16.5. The van der Waals surface area contributed by atoms with Gasteiger partial charge in [0.25, 0.3) is 0 Å². The van der Waals surface area contributed by atoms with Crippen molar-refractivity contribution in [2.45, 2.75) is 277 Å². The van der Waals surface area contributed by atoms with Crippen LogP contribution in [-0.4, -0.2) is 46.9 Å². The largest absolute Gasteiger partial charge is 0.462 e. The Balaban J connectivity index is 4.56. The van der Waals surface area contributed by atoms with Crippen molar-refractivity contribution in [1.82, 2.24) is 5.32 Å². The zero-order valence-corrected chi connectivity index (χ0v) is 38.7. The minimum Gasteiger partial charge on any atom is -0.462 e. The van der Waals surface area contributed by atoms with Gasteiger partial charge in [-0.15, -0.1) is 0 Å². The van der Waals surface area contributed by atoms with Gasteiger partial charge in [0.15, 0.2) is 0 Å². The Morgan fingerprint density at radius 3 is 1.40 bits per heavy atom. The van der Waals surface area contributed by atoms with E-state index in [1.165, 1.54) is 128 Å². The number of amides is 1. The molecule has 0 aromatic heterocycles. The molecule has 6 nitrogen and oxygen atoms in total. The first-order chi connectivity index (χ1) is 28.5.